The third kappa shape index (κ3) is 6.78. The lowest BCUT2D eigenvalue weighted by molar-refractivity contribution is 0.102. The zero-order valence-corrected chi connectivity index (χ0v) is 12.9. The Hall–Kier alpha value is -1.26. The fourth-order valence-electron chi connectivity index (χ4n) is 1.56. The predicted octanol–water partition coefficient (Wildman–Crippen LogP) is 2.46. The van der Waals surface area contributed by atoms with Gasteiger partial charge in [0, 0.05) is 12.6 Å². The summed E-state index contributed by atoms with van der Waals surface area (Å²) in [4.78, 5) is 0. The standard InChI is InChI=1S/C16H27NO3/c1-12(2)10-19-15-7-5-6-8-16(15)20-11-14(18)9-17-13(3)4/h5-8,12-14,17-18H,9-11H2,1-4H3/t14-/m1/s1. The summed E-state index contributed by atoms with van der Waals surface area (Å²) in [5.41, 5.74) is 0. The number of nitrogens with one attached hydrogen (secondary N) is 1. The molecule has 0 aliphatic carbocycles. The van der Waals surface area contributed by atoms with Crippen LogP contribution < -0.4 is 14.8 Å². The first-order chi connectivity index (χ1) is 9.49. The molecule has 1 aromatic carbocycles. The van der Waals surface area contributed by atoms with Gasteiger partial charge in [-0.2, -0.15) is 0 Å². The Morgan fingerprint density at radius 1 is 1.00 bits per heavy atom. The molecule has 0 aliphatic rings. The van der Waals surface area contributed by atoms with Gasteiger partial charge >= 0.3 is 0 Å². The molecule has 0 saturated carbocycles. The van der Waals surface area contributed by atoms with Crippen molar-refractivity contribution >= 4 is 0 Å². The first-order valence-corrected chi connectivity index (χ1v) is 7.25. The van der Waals surface area contributed by atoms with Crippen LogP contribution in [0.1, 0.15) is 27.7 Å². The van der Waals surface area contributed by atoms with Gasteiger partial charge in [0.2, 0.25) is 0 Å². The van der Waals surface area contributed by atoms with E-state index in [4.69, 9.17) is 9.47 Å². The van der Waals surface area contributed by atoms with Gasteiger partial charge in [-0.15, -0.1) is 0 Å². The first kappa shape index (κ1) is 16.8. The van der Waals surface area contributed by atoms with Crippen LogP contribution in [0.4, 0.5) is 0 Å². The highest BCUT2D eigenvalue weighted by atomic mass is 16.5. The minimum absolute atomic E-state index is 0.252. The second kappa shape index (κ2) is 8.82. The normalized spacial score (nSPS) is 12.8. The summed E-state index contributed by atoms with van der Waals surface area (Å²) >= 11 is 0. The van der Waals surface area contributed by atoms with Crippen LogP contribution in [0.2, 0.25) is 0 Å². The summed E-state index contributed by atoms with van der Waals surface area (Å²) in [6, 6.07) is 7.91. The van der Waals surface area contributed by atoms with Gasteiger partial charge < -0.3 is 19.9 Å². The summed E-state index contributed by atoms with van der Waals surface area (Å²) in [5, 5.41) is 13.0. The molecule has 0 radical (unpaired) electrons. The number of ether oxygens (including phenoxy) is 2. The summed E-state index contributed by atoms with van der Waals surface area (Å²) in [6.07, 6.45) is -0.532. The summed E-state index contributed by atoms with van der Waals surface area (Å²) in [5.74, 6) is 1.87. The Kier molecular flexibility index (Phi) is 7.41. The Morgan fingerprint density at radius 2 is 1.55 bits per heavy atom. The maximum absolute atomic E-state index is 9.84. The van der Waals surface area contributed by atoms with Crippen LogP contribution in [0.5, 0.6) is 11.5 Å². The average Bonchev–Trinajstić information content (AvgIpc) is 2.41. The van der Waals surface area contributed by atoms with E-state index < -0.39 is 6.10 Å². The van der Waals surface area contributed by atoms with Crippen LogP contribution in [0.25, 0.3) is 0 Å². The highest BCUT2D eigenvalue weighted by Gasteiger charge is 2.09. The van der Waals surface area contributed by atoms with Gasteiger partial charge in [-0.25, -0.2) is 0 Å². The predicted molar refractivity (Wildman–Crippen MR) is 81.4 cm³/mol. The van der Waals surface area contributed by atoms with Gasteiger partial charge in [-0.1, -0.05) is 39.8 Å². The highest BCUT2D eigenvalue weighted by Crippen LogP contribution is 2.26. The fourth-order valence-corrected chi connectivity index (χ4v) is 1.56. The van der Waals surface area contributed by atoms with E-state index in [1.54, 1.807) is 0 Å². The van der Waals surface area contributed by atoms with E-state index in [0.717, 1.165) is 5.75 Å². The van der Waals surface area contributed by atoms with Crippen molar-refractivity contribution in [1.82, 2.24) is 5.32 Å². The van der Waals surface area contributed by atoms with Crippen molar-refractivity contribution in [1.29, 1.82) is 0 Å². The molecule has 0 fully saturated rings. The smallest absolute Gasteiger partial charge is 0.161 e. The van der Waals surface area contributed by atoms with Crippen molar-refractivity contribution in [3.8, 4) is 11.5 Å². The number of benzene rings is 1. The molecular formula is C16H27NO3. The molecule has 2 N–H and O–H groups in total. The zero-order chi connectivity index (χ0) is 15.0. The van der Waals surface area contributed by atoms with E-state index in [9.17, 15) is 5.11 Å². The molecule has 1 atom stereocenters. The minimum atomic E-state index is -0.532. The van der Waals surface area contributed by atoms with Gasteiger partial charge in [0.05, 0.1) is 6.61 Å². The molecule has 0 heterocycles. The topological polar surface area (TPSA) is 50.7 Å². The largest absolute Gasteiger partial charge is 0.489 e. The summed E-state index contributed by atoms with van der Waals surface area (Å²) < 4.78 is 11.4. The Labute approximate surface area is 122 Å². The molecular weight excluding hydrogens is 254 g/mol. The van der Waals surface area contributed by atoms with Crippen LogP contribution in [-0.4, -0.2) is 37.0 Å². The van der Waals surface area contributed by atoms with Crippen molar-refractivity contribution in [3.63, 3.8) is 0 Å². The van der Waals surface area contributed by atoms with E-state index in [-0.39, 0.29) is 6.61 Å². The minimum Gasteiger partial charge on any atom is -0.489 e. The van der Waals surface area contributed by atoms with Crippen molar-refractivity contribution < 1.29 is 14.6 Å². The molecule has 1 rings (SSSR count). The lowest BCUT2D eigenvalue weighted by Crippen LogP contribution is -2.35. The number of aliphatic hydroxyl groups excluding tert-OH is 1. The van der Waals surface area contributed by atoms with Gasteiger partial charge in [-0.05, 0) is 18.1 Å². The maximum Gasteiger partial charge on any atom is 0.161 e. The Bertz CT molecular complexity index is 380. The maximum atomic E-state index is 9.84. The summed E-state index contributed by atoms with van der Waals surface area (Å²) in [7, 11) is 0. The van der Waals surface area contributed by atoms with Crippen molar-refractivity contribution in [2.75, 3.05) is 19.8 Å². The molecule has 0 aliphatic heterocycles. The van der Waals surface area contributed by atoms with E-state index in [1.165, 1.54) is 0 Å². The second-order valence-corrected chi connectivity index (χ2v) is 5.68. The number of para-hydroxylation sites is 2. The molecule has 0 saturated heterocycles. The molecule has 0 amide bonds. The van der Waals surface area contributed by atoms with Crippen molar-refractivity contribution in [3.05, 3.63) is 24.3 Å². The van der Waals surface area contributed by atoms with Gasteiger partial charge in [0.25, 0.3) is 0 Å². The number of rotatable bonds is 9. The second-order valence-electron chi connectivity index (χ2n) is 5.68. The third-order valence-corrected chi connectivity index (χ3v) is 2.61. The lowest BCUT2D eigenvalue weighted by atomic mass is 10.2. The van der Waals surface area contributed by atoms with E-state index in [2.05, 4.69) is 19.2 Å². The molecule has 1 aromatic rings. The fraction of sp³-hybridized carbons (Fsp3) is 0.625. The molecule has 20 heavy (non-hydrogen) atoms. The van der Waals surface area contributed by atoms with E-state index in [1.807, 2.05) is 38.1 Å². The molecule has 4 nitrogen and oxygen atoms in total. The Balaban J connectivity index is 2.46. The van der Waals surface area contributed by atoms with Crippen molar-refractivity contribution in [2.24, 2.45) is 5.92 Å². The summed E-state index contributed by atoms with van der Waals surface area (Å²) in [6.45, 7) is 9.72. The van der Waals surface area contributed by atoms with Gasteiger partial charge in [-0.3, -0.25) is 0 Å². The number of hydrogen-bond donors (Lipinski definition) is 2. The first-order valence-electron chi connectivity index (χ1n) is 7.25. The van der Waals surface area contributed by atoms with Crippen LogP contribution in [-0.2, 0) is 0 Å². The van der Waals surface area contributed by atoms with Crippen molar-refractivity contribution in [2.45, 2.75) is 39.8 Å². The van der Waals surface area contributed by atoms with Crippen LogP contribution in [0, 0.1) is 5.92 Å². The monoisotopic (exact) mass is 281 g/mol. The Morgan fingerprint density at radius 3 is 2.05 bits per heavy atom. The molecule has 0 unspecified atom stereocenters. The molecule has 0 aromatic heterocycles. The zero-order valence-electron chi connectivity index (χ0n) is 12.9. The molecule has 0 spiro atoms. The van der Waals surface area contributed by atoms with Crippen LogP contribution in [0.15, 0.2) is 24.3 Å². The number of hydrogen-bond acceptors (Lipinski definition) is 4. The lowest BCUT2D eigenvalue weighted by Gasteiger charge is -2.17. The SMILES string of the molecule is CC(C)COc1ccccc1OC[C@H](O)CNC(C)C. The van der Waals surface area contributed by atoms with Gasteiger partial charge in [0.15, 0.2) is 11.5 Å². The van der Waals surface area contributed by atoms with Gasteiger partial charge in [0.1, 0.15) is 12.7 Å². The molecule has 4 heteroatoms. The van der Waals surface area contributed by atoms with E-state index >= 15 is 0 Å². The quantitative estimate of drug-likeness (QED) is 0.730. The molecule has 114 valence electrons. The molecule has 0 bridgehead atoms. The van der Waals surface area contributed by atoms with E-state index in [0.29, 0.717) is 30.9 Å². The average molecular weight is 281 g/mol. The van der Waals surface area contributed by atoms with Crippen LogP contribution >= 0.6 is 0 Å². The highest BCUT2D eigenvalue weighted by molar-refractivity contribution is 5.39. The number of aliphatic hydroxyl groups is 1. The third-order valence-electron chi connectivity index (χ3n) is 2.61. The van der Waals surface area contributed by atoms with Crippen LogP contribution in [0.3, 0.4) is 0 Å².